The van der Waals surface area contributed by atoms with Gasteiger partial charge in [0.2, 0.25) is 0 Å². The van der Waals surface area contributed by atoms with E-state index in [2.05, 4.69) is 12.1 Å². The minimum absolute atomic E-state index is 0.662. The van der Waals surface area contributed by atoms with Crippen LogP contribution in [-0.2, 0) is 0 Å². The first-order chi connectivity index (χ1) is 10.3. The molecule has 1 fully saturated rings. The molecule has 2 nitrogen and oxygen atoms in total. The van der Waals surface area contributed by atoms with E-state index in [-0.39, 0.29) is 0 Å². The highest BCUT2D eigenvalue weighted by Gasteiger charge is 2.15. The minimum Gasteiger partial charge on any atom is -0.457 e. The SMILES string of the molecule is O=Cc1ccc(Oc2ccc(C3CCCCC3)cc2)cc1. The number of rotatable bonds is 4. The van der Waals surface area contributed by atoms with Gasteiger partial charge in [0.15, 0.2) is 0 Å². The molecule has 21 heavy (non-hydrogen) atoms. The Morgan fingerprint density at radius 3 is 1.95 bits per heavy atom. The Bertz CT molecular complexity index is 578. The molecule has 0 saturated heterocycles. The van der Waals surface area contributed by atoms with E-state index in [9.17, 15) is 4.79 Å². The van der Waals surface area contributed by atoms with Gasteiger partial charge in [-0.05, 0) is 60.7 Å². The molecule has 0 spiro atoms. The molecular formula is C19H20O2. The van der Waals surface area contributed by atoms with Crippen LogP contribution in [0.5, 0.6) is 11.5 Å². The van der Waals surface area contributed by atoms with Crippen LogP contribution in [0.2, 0.25) is 0 Å². The molecule has 0 aromatic heterocycles. The fourth-order valence-electron chi connectivity index (χ4n) is 2.99. The van der Waals surface area contributed by atoms with Crippen LogP contribution >= 0.6 is 0 Å². The van der Waals surface area contributed by atoms with Crippen molar-refractivity contribution in [3.63, 3.8) is 0 Å². The summed E-state index contributed by atoms with van der Waals surface area (Å²) in [5, 5.41) is 0. The van der Waals surface area contributed by atoms with E-state index in [0.29, 0.717) is 5.56 Å². The van der Waals surface area contributed by atoms with Gasteiger partial charge in [-0.15, -0.1) is 0 Å². The van der Waals surface area contributed by atoms with Gasteiger partial charge in [0.1, 0.15) is 17.8 Å². The Balaban J connectivity index is 1.67. The van der Waals surface area contributed by atoms with Crippen LogP contribution in [0.25, 0.3) is 0 Å². The van der Waals surface area contributed by atoms with E-state index in [0.717, 1.165) is 23.7 Å². The van der Waals surface area contributed by atoms with Crippen molar-refractivity contribution in [2.75, 3.05) is 0 Å². The highest BCUT2D eigenvalue weighted by Crippen LogP contribution is 2.33. The van der Waals surface area contributed by atoms with Crippen LogP contribution in [0.4, 0.5) is 0 Å². The fraction of sp³-hybridized carbons (Fsp3) is 0.316. The monoisotopic (exact) mass is 280 g/mol. The normalized spacial score (nSPS) is 15.6. The van der Waals surface area contributed by atoms with Gasteiger partial charge in [-0.3, -0.25) is 4.79 Å². The molecule has 0 bridgehead atoms. The highest BCUT2D eigenvalue weighted by molar-refractivity contribution is 5.74. The van der Waals surface area contributed by atoms with Crippen molar-refractivity contribution in [1.82, 2.24) is 0 Å². The maximum atomic E-state index is 10.6. The first-order valence-corrected chi connectivity index (χ1v) is 7.68. The summed E-state index contributed by atoms with van der Waals surface area (Å²) in [5.41, 5.74) is 2.09. The second kappa shape index (κ2) is 6.57. The summed E-state index contributed by atoms with van der Waals surface area (Å²) in [6.45, 7) is 0. The lowest BCUT2D eigenvalue weighted by atomic mass is 9.84. The maximum Gasteiger partial charge on any atom is 0.150 e. The van der Waals surface area contributed by atoms with Gasteiger partial charge >= 0.3 is 0 Å². The predicted molar refractivity (Wildman–Crippen MR) is 84.2 cm³/mol. The van der Waals surface area contributed by atoms with Gasteiger partial charge < -0.3 is 4.74 Å². The summed E-state index contributed by atoms with van der Waals surface area (Å²) >= 11 is 0. The highest BCUT2D eigenvalue weighted by atomic mass is 16.5. The van der Waals surface area contributed by atoms with E-state index in [1.807, 2.05) is 24.3 Å². The zero-order chi connectivity index (χ0) is 14.5. The van der Waals surface area contributed by atoms with Gasteiger partial charge in [-0.2, -0.15) is 0 Å². The first-order valence-electron chi connectivity index (χ1n) is 7.68. The summed E-state index contributed by atoms with van der Waals surface area (Å²) in [5.74, 6) is 2.32. The Morgan fingerprint density at radius 1 is 0.810 bits per heavy atom. The number of hydrogen-bond acceptors (Lipinski definition) is 2. The maximum absolute atomic E-state index is 10.6. The van der Waals surface area contributed by atoms with Crippen molar-refractivity contribution < 1.29 is 9.53 Å². The largest absolute Gasteiger partial charge is 0.457 e. The van der Waals surface area contributed by atoms with Crippen molar-refractivity contribution in [3.05, 3.63) is 59.7 Å². The summed E-state index contributed by atoms with van der Waals surface area (Å²) < 4.78 is 5.80. The average Bonchev–Trinajstić information content (AvgIpc) is 2.57. The van der Waals surface area contributed by atoms with Crippen molar-refractivity contribution in [1.29, 1.82) is 0 Å². The minimum atomic E-state index is 0.662. The molecule has 1 saturated carbocycles. The molecule has 108 valence electrons. The number of hydrogen-bond donors (Lipinski definition) is 0. The Kier molecular flexibility index (Phi) is 4.34. The molecule has 2 aromatic carbocycles. The third kappa shape index (κ3) is 3.52. The van der Waals surface area contributed by atoms with E-state index >= 15 is 0 Å². The summed E-state index contributed by atoms with van der Waals surface area (Å²) in [6, 6.07) is 15.6. The van der Waals surface area contributed by atoms with Gasteiger partial charge in [-0.1, -0.05) is 31.4 Å². The Hall–Kier alpha value is -2.09. The molecule has 0 atom stereocenters. The molecular weight excluding hydrogens is 260 g/mol. The number of benzene rings is 2. The van der Waals surface area contributed by atoms with Crippen molar-refractivity contribution >= 4 is 6.29 Å². The predicted octanol–water partition coefficient (Wildman–Crippen LogP) is 5.34. The smallest absolute Gasteiger partial charge is 0.150 e. The van der Waals surface area contributed by atoms with Crippen LogP contribution in [0.1, 0.15) is 53.9 Å². The van der Waals surface area contributed by atoms with E-state index in [4.69, 9.17) is 4.74 Å². The van der Waals surface area contributed by atoms with E-state index in [1.165, 1.54) is 37.7 Å². The second-order valence-electron chi connectivity index (χ2n) is 5.69. The van der Waals surface area contributed by atoms with Gasteiger partial charge in [0, 0.05) is 5.56 Å². The standard InChI is InChI=1S/C19H20O2/c20-14-15-6-10-18(11-7-15)21-19-12-8-17(9-13-19)16-4-2-1-3-5-16/h6-14,16H,1-5H2. The third-order valence-electron chi connectivity index (χ3n) is 4.21. The lowest BCUT2D eigenvalue weighted by Crippen LogP contribution is -2.04. The number of aldehydes is 1. The van der Waals surface area contributed by atoms with Gasteiger partial charge in [0.05, 0.1) is 0 Å². The second-order valence-corrected chi connectivity index (χ2v) is 5.69. The molecule has 3 rings (SSSR count). The topological polar surface area (TPSA) is 26.3 Å². The third-order valence-corrected chi connectivity index (χ3v) is 4.21. The molecule has 0 radical (unpaired) electrons. The summed E-state index contributed by atoms with van der Waals surface area (Å²) in [4.78, 5) is 10.6. The lowest BCUT2D eigenvalue weighted by Gasteiger charge is -2.22. The van der Waals surface area contributed by atoms with Crippen molar-refractivity contribution in [2.24, 2.45) is 0 Å². The molecule has 0 heterocycles. The van der Waals surface area contributed by atoms with Crippen LogP contribution in [0.3, 0.4) is 0 Å². The summed E-state index contributed by atoms with van der Waals surface area (Å²) in [7, 11) is 0. The van der Waals surface area contributed by atoms with Crippen LogP contribution in [-0.4, -0.2) is 6.29 Å². The fourth-order valence-corrected chi connectivity index (χ4v) is 2.99. The lowest BCUT2D eigenvalue weighted by molar-refractivity contribution is 0.112. The Morgan fingerprint density at radius 2 is 1.38 bits per heavy atom. The summed E-state index contributed by atoms with van der Waals surface area (Å²) in [6.07, 6.45) is 7.55. The molecule has 1 aliphatic rings. The molecule has 1 aliphatic carbocycles. The van der Waals surface area contributed by atoms with Gasteiger partial charge in [0.25, 0.3) is 0 Å². The van der Waals surface area contributed by atoms with Crippen LogP contribution in [0, 0.1) is 0 Å². The van der Waals surface area contributed by atoms with Crippen LogP contribution < -0.4 is 4.74 Å². The molecule has 0 unspecified atom stereocenters. The average molecular weight is 280 g/mol. The quantitative estimate of drug-likeness (QED) is 0.707. The molecule has 0 N–H and O–H groups in total. The first kappa shape index (κ1) is 13.9. The number of carbonyl (C=O) groups is 1. The molecule has 2 heteroatoms. The number of ether oxygens (including phenoxy) is 1. The van der Waals surface area contributed by atoms with Crippen molar-refractivity contribution in [3.8, 4) is 11.5 Å². The van der Waals surface area contributed by atoms with Gasteiger partial charge in [-0.25, -0.2) is 0 Å². The zero-order valence-corrected chi connectivity index (χ0v) is 12.1. The zero-order valence-electron chi connectivity index (χ0n) is 12.1. The van der Waals surface area contributed by atoms with E-state index < -0.39 is 0 Å². The molecule has 0 amide bonds. The van der Waals surface area contributed by atoms with Crippen molar-refractivity contribution in [2.45, 2.75) is 38.0 Å². The molecule has 0 aliphatic heterocycles. The Labute approximate surface area is 125 Å². The van der Waals surface area contributed by atoms with E-state index in [1.54, 1.807) is 12.1 Å². The number of carbonyl (C=O) groups excluding carboxylic acids is 1. The molecule has 2 aromatic rings. The van der Waals surface area contributed by atoms with Crippen LogP contribution in [0.15, 0.2) is 48.5 Å².